The van der Waals surface area contributed by atoms with Crippen molar-refractivity contribution >= 4 is 19.8 Å². The molecule has 0 aromatic rings. The van der Waals surface area contributed by atoms with Crippen LogP contribution in [0.2, 0.25) is 0 Å². The zero-order valence-corrected chi connectivity index (χ0v) is 40.3. The van der Waals surface area contributed by atoms with E-state index in [1.54, 1.807) is 0 Å². The van der Waals surface area contributed by atoms with E-state index in [9.17, 15) is 19.0 Å². The fraction of sp³-hybridized carbons (Fsp3) is 0.804. The molecule has 0 aliphatic rings. The number of phosphoric acid groups is 1. The van der Waals surface area contributed by atoms with E-state index >= 15 is 0 Å². The molecular weight excluding hydrogens is 786 g/mol. The van der Waals surface area contributed by atoms with Crippen LogP contribution in [0, 0.1) is 0 Å². The standard InChI is InChI=1S/C51H94NO8P/c1-3-5-7-9-11-13-15-17-19-21-22-23-24-25-26-28-30-32-34-36-38-40-42-44-51(54)60-49(48-59-61(55,56)58-46-45-52)47-57-50(53)43-41-39-37-35-33-31-29-27-20-18-16-14-12-10-8-6-4-2/h8,10,14,16,20,27,31,33,49H,3-7,9,11-13,15,17-19,21-26,28-30,32,34-48,52H2,1-2H3,(H,55,56)/b10-8+,16-14+,27-20+,33-31+/t49-/m1/s1. The van der Waals surface area contributed by atoms with Crippen LogP contribution in [0.5, 0.6) is 0 Å². The van der Waals surface area contributed by atoms with E-state index in [0.717, 1.165) is 57.8 Å². The van der Waals surface area contributed by atoms with Crippen molar-refractivity contribution < 1.29 is 37.6 Å². The average molecular weight is 880 g/mol. The molecule has 0 aliphatic carbocycles. The second-order valence-electron chi connectivity index (χ2n) is 16.7. The minimum Gasteiger partial charge on any atom is -0.462 e. The Balaban J connectivity index is 4.06. The Kier molecular flexibility index (Phi) is 45.9. The number of hydrogen-bond donors (Lipinski definition) is 2. The second-order valence-corrected chi connectivity index (χ2v) is 18.1. The minimum absolute atomic E-state index is 0.0486. The van der Waals surface area contributed by atoms with Gasteiger partial charge in [-0.25, -0.2) is 4.57 Å². The highest BCUT2D eigenvalue weighted by Crippen LogP contribution is 2.43. The molecule has 0 rings (SSSR count). The highest BCUT2D eigenvalue weighted by atomic mass is 31.2. The van der Waals surface area contributed by atoms with Crippen molar-refractivity contribution in [2.75, 3.05) is 26.4 Å². The molecule has 3 N–H and O–H groups in total. The number of hydrogen-bond acceptors (Lipinski definition) is 8. The molecule has 0 aliphatic heterocycles. The fourth-order valence-electron chi connectivity index (χ4n) is 6.98. The van der Waals surface area contributed by atoms with Crippen molar-refractivity contribution in [2.45, 2.75) is 238 Å². The van der Waals surface area contributed by atoms with Gasteiger partial charge in [0, 0.05) is 19.4 Å². The summed E-state index contributed by atoms with van der Waals surface area (Å²) in [5.74, 6) is -0.857. The van der Waals surface area contributed by atoms with Gasteiger partial charge in [-0.2, -0.15) is 0 Å². The van der Waals surface area contributed by atoms with Crippen molar-refractivity contribution in [2.24, 2.45) is 5.73 Å². The number of esters is 2. The molecule has 1 unspecified atom stereocenters. The van der Waals surface area contributed by atoms with Gasteiger partial charge in [0.05, 0.1) is 13.2 Å². The summed E-state index contributed by atoms with van der Waals surface area (Å²) in [6, 6.07) is 0. The van der Waals surface area contributed by atoms with Crippen molar-refractivity contribution in [3.63, 3.8) is 0 Å². The molecule has 10 heteroatoms. The highest BCUT2D eigenvalue weighted by Gasteiger charge is 2.26. The number of carbonyl (C=O) groups is 2. The van der Waals surface area contributed by atoms with Gasteiger partial charge in [0.15, 0.2) is 6.10 Å². The van der Waals surface area contributed by atoms with Gasteiger partial charge in [0.1, 0.15) is 6.61 Å². The van der Waals surface area contributed by atoms with E-state index in [4.69, 9.17) is 24.3 Å². The first-order chi connectivity index (χ1) is 29.8. The van der Waals surface area contributed by atoms with E-state index in [2.05, 4.69) is 62.5 Å². The molecule has 61 heavy (non-hydrogen) atoms. The Hall–Kier alpha value is -2.03. The Morgan fingerprint density at radius 3 is 1.33 bits per heavy atom. The minimum atomic E-state index is -4.39. The molecule has 9 nitrogen and oxygen atoms in total. The quantitative estimate of drug-likeness (QED) is 0.0265. The molecule has 356 valence electrons. The van der Waals surface area contributed by atoms with Crippen molar-refractivity contribution in [3.05, 3.63) is 48.6 Å². The first kappa shape index (κ1) is 59.0. The van der Waals surface area contributed by atoms with E-state index in [1.807, 2.05) is 0 Å². The van der Waals surface area contributed by atoms with Crippen LogP contribution in [-0.2, 0) is 32.7 Å². The SMILES string of the molecule is CCC/C=C/C/C=C/C/C=C/C/C=C/CCCCCC(=O)OC[C@H](COP(=O)(O)OCCN)OC(=O)CCCCCCCCCCCCCCCCCCCCCCCCC. The van der Waals surface area contributed by atoms with Gasteiger partial charge in [-0.1, -0.05) is 217 Å². The number of ether oxygens (including phenoxy) is 2. The molecule has 0 saturated heterocycles. The molecule has 0 fully saturated rings. The molecule has 0 spiro atoms. The lowest BCUT2D eigenvalue weighted by atomic mass is 10.0. The fourth-order valence-corrected chi connectivity index (χ4v) is 7.75. The third-order valence-electron chi connectivity index (χ3n) is 10.7. The Morgan fingerprint density at radius 1 is 0.492 bits per heavy atom. The van der Waals surface area contributed by atoms with E-state index < -0.39 is 32.5 Å². The van der Waals surface area contributed by atoms with Crippen molar-refractivity contribution in [3.8, 4) is 0 Å². The maximum Gasteiger partial charge on any atom is 0.472 e. The monoisotopic (exact) mass is 880 g/mol. The predicted octanol–water partition coefficient (Wildman–Crippen LogP) is 15.1. The van der Waals surface area contributed by atoms with Gasteiger partial charge in [-0.05, 0) is 51.4 Å². The van der Waals surface area contributed by atoms with Gasteiger partial charge in [0.25, 0.3) is 0 Å². The van der Waals surface area contributed by atoms with Crippen LogP contribution in [0.1, 0.15) is 232 Å². The topological polar surface area (TPSA) is 134 Å². The van der Waals surface area contributed by atoms with Gasteiger partial charge >= 0.3 is 19.8 Å². The van der Waals surface area contributed by atoms with Gasteiger partial charge in [-0.3, -0.25) is 18.6 Å². The Labute approximate surface area is 375 Å². The summed E-state index contributed by atoms with van der Waals surface area (Å²) >= 11 is 0. The van der Waals surface area contributed by atoms with Crippen LogP contribution in [0.15, 0.2) is 48.6 Å². The molecule has 0 radical (unpaired) electrons. The third-order valence-corrected chi connectivity index (χ3v) is 11.7. The van der Waals surface area contributed by atoms with Crippen LogP contribution in [0.25, 0.3) is 0 Å². The van der Waals surface area contributed by atoms with Crippen LogP contribution in [-0.4, -0.2) is 49.3 Å². The summed E-state index contributed by atoms with van der Waals surface area (Å²) in [7, 11) is -4.39. The second kappa shape index (κ2) is 47.4. The Bertz CT molecular complexity index is 1140. The number of allylic oxidation sites excluding steroid dienone is 8. The summed E-state index contributed by atoms with van der Waals surface area (Å²) in [5.41, 5.74) is 5.36. The first-order valence-corrected chi connectivity index (χ1v) is 26.6. The molecule has 2 atom stereocenters. The summed E-state index contributed by atoms with van der Waals surface area (Å²) in [5, 5.41) is 0. The van der Waals surface area contributed by atoms with Gasteiger partial charge in [0.2, 0.25) is 0 Å². The summed E-state index contributed by atoms with van der Waals surface area (Å²) < 4.78 is 32.9. The molecule has 0 saturated carbocycles. The maximum atomic E-state index is 12.6. The van der Waals surface area contributed by atoms with Crippen LogP contribution in [0.4, 0.5) is 0 Å². The number of rotatable bonds is 47. The lowest BCUT2D eigenvalue weighted by molar-refractivity contribution is -0.161. The van der Waals surface area contributed by atoms with Crippen LogP contribution in [0.3, 0.4) is 0 Å². The summed E-state index contributed by atoms with van der Waals surface area (Å²) in [4.78, 5) is 35.0. The van der Waals surface area contributed by atoms with Crippen LogP contribution >= 0.6 is 7.82 Å². The molecule has 0 amide bonds. The van der Waals surface area contributed by atoms with E-state index in [1.165, 1.54) is 135 Å². The first-order valence-electron chi connectivity index (χ1n) is 25.1. The zero-order chi connectivity index (χ0) is 44.6. The van der Waals surface area contributed by atoms with E-state index in [0.29, 0.717) is 12.8 Å². The molecule has 0 aromatic carbocycles. The smallest absolute Gasteiger partial charge is 0.462 e. The molecule has 0 bridgehead atoms. The average Bonchev–Trinajstić information content (AvgIpc) is 3.25. The van der Waals surface area contributed by atoms with Crippen molar-refractivity contribution in [1.29, 1.82) is 0 Å². The lowest BCUT2D eigenvalue weighted by Gasteiger charge is -2.19. The van der Waals surface area contributed by atoms with E-state index in [-0.39, 0.29) is 32.6 Å². The Morgan fingerprint density at radius 2 is 0.885 bits per heavy atom. The maximum absolute atomic E-state index is 12.6. The molecule has 0 aromatic heterocycles. The lowest BCUT2D eigenvalue weighted by Crippen LogP contribution is -2.29. The summed E-state index contributed by atoms with van der Waals surface area (Å²) in [6.45, 7) is 3.66. The highest BCUT2D eigenvalue weighted by molar-refractivity contribution is 7.47. The summed E-state index contributed by atoms with van der Waals surface area (Å²) in [6.07, 6.45) is 55.8. The zero-order valence-electron chi connectivity index (χ0n) is 39.4. The number of carbonyl (C=O) groups excluding carboxylic acids is 2. The number of unbranched alkanes of at least 4 members (excludes halogenated alkanes) is 26. The number of nitrogens with two attached hydrogens (primary N) is 1. The molecule has 0 heterocycles. The predicted molar refractivity (Wildman–Crippen MR) is 257 cm³/mol. The van der Waals surface area contributed by atoms with Crippen LogP contribution < -0.4 is 5.73 Å². The van der Waals surface area contributed by atoms with Crippen molar-refractivity contribution in [1.82, 2.24) is 0 Å². The van der Waals surface area contributed by atoms with Gasteiger partial charge in [-0.15, -0.1) is 0 Å². The number of phosphoric ester groups is 1. The molecular formula is C51H94NO8P. The largest absolute Gasteiger partial charge is 0.472 e. The normalized spacial score (nSPS) is 13.6. The van der Waals surface area contributed by atoms with Gasteiger partial charge < -0.3 is 20.1 Å². The third kappa shape index (κ3) is 47.3.